The molecule has 3 amide bonds. The molecular weight excluding hydrogens is 521 g/mol. The summed E-state index contributed by atoms with van der Waals surface area (Å²) < 4.78 is 1.69. The molecule has 7 nitrogen and oxygen atoms in total. The average molecular weight is 549 g/mol. The van der Waals surface area contributed by atoms with Crippen molar-refractivity contribution in [1.82, 2.24) is 25.3 Å². The van der Waals surface area contributed by atoms with Crippen molar-refractivity contribution in [1.29, 1.82) is 0 Å². The molecule has 0 unspecified atom stereocenters. The lowest BCUT2D eigenvalue weighted by Gasteiger charge is -2.32. The van der Waals surface area contributed by atoms with E-state index in [1.165, 1.54) is 0 Å². The van der Waals surface area contributed by atoms with Gasteiger partial charge in [-0.3, -0.25) is 4.79 Å². The molecule has 1 aliphatic rings. The van der Waals surface area contributed by atoms with Crippen molar-refractivity contribution in [3.8, 4) is 16.9 Å². The van der Waals surface area contributed by atoms with E-state index in [-0.39, 0.29) is 24.0 Å². The standard InChI is InChI=1S/C26H28Cl3N5O2/c1-15(2)30-26(36)31-20-10-12-33(13-11-20)25(35)23-16(3)24(17-4-6-18(27)7-5-17)34(32-23)22-9-8-19(28)14-21(22)29/h4-9,14-15,20H,10-13H2,1-3H3,(H2,30,31,36). The molecule has 2 N–H and O–H groups in total. The summed E-state index contributed by atoms with van der Waals surface area (Å²) in [6.07, 6.45) is 1.34. The fraction of sp³-hybridized carbons (Fsp3) is 0.346. The van der Waals surface area contributed by atoms with Crippen LogP contribution in [-0.4, -0.2) is 51.8 Å². The Kier molecular flexibility index (Phi) is 8.13. The van der Waals surface area contributed by atoms with Crippen LogP contribution >= 0.6 is 34.8 Å². The normalized spacial score (nSPS) is 14.2. The van der Waals surface area contributed by atoms with Crippen molar-refractivity contribution in [2.24, 2.45) is 0 Å². The lowest BCUT2D eigenvalue weighted by Crippen LogP contribution is -2.50. The molecule has 0 spiro atoms. The van der Waals surface area contributed by atoms with Crippen LogP contribution in [0.4, 0.5) is 4.79 Å². The molecule has 36 heavy (non-hydrogen) atoms. The van der Waals surface area contributed by atoms with Gasteiger partial charge in [-0.05, 0) is 63.9 Å². The van der Waals surface area contributed by atoms with E-state index in [1.54, 1.807) is 39.9 Å². The predicted octanol–water partition coefficient (Wildman–Crippen LogP) is 6.12. The lowest BCUT2D eigenvalue weighted by atomic mass is 10.0. The lowest BCUT2D eigenvalue weighted by molar-refractivity contribution is 0.0701. The molecule has 1 aliphatic heterocycles. The highest BCUT2D eigenvalue weighted by Gasteiger charge is 2.29. The van der Waals surface area contributed by atoms with Gasteiger partial charge in [0.25, 0.3) is 5.91 Å². The van der Waals surface area contributed by atoms with E-state index in [0.717, 1.165) is 16.8 Å². The van der Waals surface area contributed by atoms with Gasteiger partial charge in [0.2, 0.25) is 0 Å². The first-order valence-corrected chi connectivity index (χ1v) is 12.9. The summed E-state index contributed by atoms with van der Waals surface area (Å²) in [6.45, 7) is 6.76. The summed E-state index contributed by atoms with van der Waals surface area (Å²) in [5.41, 5.74) is 3.32. The van der Waals surface area contributed by atoms with Crippen molar-refractivity contribution in [3.05, 3.63) is 68.8 Å². The SMILES string of the molecule is Cc1c(C(=O)N2CCC(NC(=O)NC(C)C)CC2)nn(-c2ccc(Cl)cc2Cl)c1-c1ccc(Cl)cc1. The number of amides is 3. The number of likely N-dealkylation sites (tertiary alicyclic amines) is 1. The van der Waals surface area contributed by atoms with Crippen molar-refractivity contribution < 1.29 is 9.59 Å². The van der Waals surface area contributed by atoms with Crippen molar-refractivity contribution >= 4 is 46.7 Å². The summed E-state index contributed by atoms with van der Waals surface area (Å²) in [6, 6.07) is 12.4. The van der Waals surface area contributed by atoms with Crippen LogP contribution in [0.3, 0.4) is 0 Å². The largest absolute Gasteiger partial charge is 0.337 e. The highest BCUT2D eigenvalue weighted by Crippen LogP contribution is 2.33. The van der Waals surface area contributed by atoms with Crippen LogP contribution in [0.2, 0.25) is 15.1 Å². The Balaban J connectivity index is 1.62. The van der Waals surface area contributed by atoms with E-state index in [1.807, 2.05) is 32.9 Å². The highest BCUT2D eigenvalue weighted by atomic mass is 35.5. The Labute approximate surface area is 225 Å². The summed E-state index contributed by atoms with van der Waals surface area (Å²) in [7, 11) is 0. The first-order valence-electron chi connectivity index (χ1n) is 11.8. The number of benzene rings is 2. The van der Waals surface area contributed by atoms with Crippen LogP contribution in [-0.2, 0) is 0 Å². The monoisotopic (exact) mass is 547 g/mol. The molecule has 3 aromatic rings. The smallest absolute Gasteiger partial charge is 0.315 e. The number of carbonyl (C=O) groups is 2. The molecular formula is C26H28Cl3N5O2. The molecule has 0 atom stereocenters. The molecule has 2 aromatic carbocycles. The molecule has 0 bridgehead atoms. The summed E-state index contributed by atoms with van der Waals surface area (Å²) >= 11 is 18.8. The Bertz CT molecular complexity index is 1270. The average Bonchev–Trinajstić information content (AvgIpc) is 3.15. The molecule has 1 fully saturated rings. The van der Waals surface area contributed by atoms with Crippen LogP contribution in [0.5, 0.6) is 0 Å². The van der Waals surface area contributed by atoms with Gasteiger partial charge in [0, 0.05) is 46.3 Å². The zero-order chi connectivity index (χ0) is 26.0. The van der Waals surface area contributed by atoms with Gasteiger partial charge in [-0.25, -0.2) is 9.48 Å². The number of hydrogen-bond acceptors (Lipinski definition) is 3. The maximum absolute atomic E-state index is 13.6. The molecule has 10 heteroatoms. The maximum Gasteiger partial charge on any atom is 0.315 e. The third-order valence-electron chi connectivity index (χ3n) is 6.12. The minimum atomic E-state index is -0.184. The molecule has 4 rings (SSSR count). The van der Waals surface area contributed by atoms with Crippen LogP contribution < -0.4 is 10.6 Å². The van der Waals surface area contributed by atoms with Crippen LogP contribution in [0.15, 0.2) is 42.5 Å². The molecule has 2 heterocycles. The van der Waals surface area contributed by atoms with Crippen LogP contribution in [0.1, 0.15) is 42.7 Å². The van der Waals surface area contributed by atoms with E-state index in [2.05, 4.69) is 10.6 Å². The molecule has 0 aliphatic carbocycles. The van der Waals surface area contributed by atoms with Gasteiger partial charge >= 0.3 is 6.03 Å². The van der Waals surface area contributed by atoms with Crippen molar-refractivity contribution in [2.75, 3.05) is 13.1 Å². The molecule has 0 saturated carbocycles. The summed E-state index contributed by atoms with van der Waals surface area (Å²) in [5, 5.41) is 12.1. The van der Waals surface area contributed by atoms with Crippen LogP contribution in [0, 0.1) is 6.92 Å². The number of piperidine rings is 1. The van der Waals surface area contributed by atoms with Crippen molar-refractivity contribution in [3.63, 3.8) is 0 Å². The van der Waals surface area contributed by atoms with Gasteiger partial charge in [0.15, 0.2) is 5.69 Å². The first kappa shape index (κ1) is 26.3. The number of aromatic nitrogens is 2. The number of halogens is 3. The van der Waals surface area contributed by atoms with Gasteiger partial charge < -0.3 is 15.5 Å². The molecule has 0 radical (unpaired) electrons. The number of nitrogens with one attached hydrogen (secondary N) is 2. The fourth-order valence-corrected chi connectivity index (χ4v) is 4.95. The fourth-order valence-electron chi connectivity index (χ4n) is 4.34. The maximum atomic E-state index is 13.6. The number of nitrogens with zero attached hydrogens (tertiary/aromatic N) is 3. The van der Waals surface area contributed by atoms with Gasteiger partial charge in [-0.15, -0.1) is 0 Å². The Morgan fingerprint density at radius 2 is 1.64 bits per heavy atom. The van der Waals surface area contributed by atoms with E-state index in [4.69, 9.17) is 39.9 Å². The van der Waals surface area contributed by atoms with Crippen molar-refractivity contribution in [2.45, 2.75) is 45.7 Å². The Morgan fingerprint density at radius 1 is 1.00 bits per heavy atom. The number of rotatable bonds is 5. The number of urea groups is 1. The second kappa shape index (κ2) is 11.1. The second-order valence-corrected chi connectivity index (χ2v) is 10.5. The van der Waals surface area contributed by atoms with Gasteiger partial charge in [-0.2, -0.15) is 5.10 Å². The van der Waals surface area contributed by atoms with Gasteiger partial charge in [-0.1, -0.05) is 46.9 Å². The molecule has 1 aromatic heterocycles. The zero-order valence-electron chi connectivity index (χ0n) is 20.3. The minimum absolute atomic E-state index is 0.0176. The van der Waals surface area contributed by atoms with Crippen LogP contribution in [0.25, 0.3) is 16.9 Å². The third kappa shape index (κ3) is 5.80. The van der Waals surface area contributed by atoms with Gasteiger partial charge in [0.1, 0.15) is 0 Å². The quantitative estimate of drug-likeness (QED) is 0.403. The highest BCUT2D eigenvalue weighted by molar-refractivity contribution is 6.35. The second-order valence-electron chi connectivity index (χ2n) is 9.18. The van der Waals surface area contributed by atoms with E-state index in [9.17, 15) is 9.59 Å². The summed E-state index contributed by atoms with van der Waals surface area (Å²) in [5.74, 6) is -0.156. The van der Waals surface area contributed by atoms with E-state index < -0.39 is 0 Å². The molecule has 1 saturated heterocycles. The number of carbonyl (C=O) groups excluding carboxylic acids is 2. The van der Waals surface area contributed by atoms with E-state index >= 15 is 0 Å². The zero-order valence-corrected chi connectivity index (χ0v) is 22.6. The minimum Gasteiger partial charge on any atom is -0.337 e. The number of hydrogen-bond donors (Lipinski definition) is 2. The topological polar surface area (TPSA) is 79.3 Å². The third-order valence-corrected chi connectivity index (χ3v) is 6.91. The Hall–Kier alpha value is -2.74. The first-order chi connectivity index (χ1) is 17.1. The van der Waals surface area contributed by atoms with Gasteiger partial charge in [0.05, 0.1) is 16.4 Å². The van der Waals surface area contributed by atoms with E-state index in [0.29, 0.717) is 52.4 Å². The molecule has 190 valence electrons. The Morgan fingerprint density at radius 3 is 2.25 bits per heavy atom. The summed E-state index contributed by atoms with van der Waals surface area (Å²) in [4.78, 5) is 27.4. The predicted molar refractivity (Wildman–Crippen MR) is 144 cm³/mol.